The third-order valence-electron chi connectivity index (χ3n) is 3.83. The van der Waals surface area contributed by atoms with Crippen molar-refractivity contribution < 1.29 is 9.90 Å². The second-order valence-corrected chi connectivity index (χ2v) is 6.87. The van der Waals surface area contributed by atoms with Crippen LogP contribution < -0.4 is 5.32 Å². The molecule has 0 saturated carbocycles. The van der Waals surface area contributed by atoms with Crippen molar-refractivity contribution in [3.8, 4) is 5.75 Å². The highest BCUT2D eigenvalue weighted by Crippen LogP contribution is 2.28. The molecule has 1 heterocycles. The first kappa shape index (κ1) is 17.3. The maximum atomic E-state index is 12.1. The lowest BCUT2D eigenvalue weighted by molar-refractivity contribution is -0.115. The molecule has 1 saturated heterocycles. The fourth-order valence-electron chi connectivity index (χ4n) is 2.44. The van der Waals surface area contributed by atoms with Crippen molar-refractivity contribution >= 4 is 34.6 Å². The minimum atomic E-state index is -0.156. The van der Waals surface area contributed by atoms with Gasteiger partial charge in [0, 0.05) is 0 Å². The smallest absolute Gasteiger partial charge is 0.264 e. The molecule has 4 nitrogen and oxygen atoms in total. The van der Waals surface area contributed by atoms with Gasteiger partial charge in [-0.3, -0.25) is 4.79 Å². The summed E-state index contributed by atoms with van der Waals surface area (Å²) in [5, 5.41) is 12.7. The Labute approximate surface area is 151 Å². The average molecular weight is 352 g/mol. The lowest BCUT2D eigenvalue weighted by Crippen LogP contribution is -2.19. The second-order valence-electron chi connectivity index (χ2n) is 5.84. The van der Waals surface area contributed by atoms with E-state index in [0.717, 1.165) is 17.7 Å². The van der Waals surface area contributed by atoms with Crippen LogP contribution in [0.5, 0.6) is 5.75 Å². The van der Waals surface area contributed by atoms with Gasteiger partial charge in [-0.2, -0.15) is 0 Å². The zero-order valence-corrected chi connectivity index (χ0v) is 14.8. The SMILES string of the molecule is CCCCc1ccc(N=C2NC(=O)/C(=C/c3ccc(O)cc3)S2)cc1. The van der Waals surface area contributed by atoms with E-state index in [0.29, 0.717) is 10.1 Å². The van der Waals surface area contributed by atoms with E-state index >= 15 is 0 Å². The van der Waals surface area contributed by atoms with Gasteiger partial charge in [-0.1, -0.05) is 37.6 Å². The monoisotopic (exact) mass is 352 g/mol. The average Bonchev–Trinajstić information content (AvgIpc) is 2.95. The van der Waals surface area contributed by atoms with Gasteiger partial charge in [0.25, 0.3) is 5.91 Å². The molecule has 0 atom stereocenters. The molecule has 2 aromatic carbocycles. The number of aromatic hydroxyl groups is 1. The third kappa shape index (κ3) is 4.73. The number of hydrogen-bond acceptors (Lipinski definition) is 4. The van der Waals surface area contributed by atoms with Crippen molar-refractivity contribution in [2.24, 2.45) is 4.99 Å². The number of rotatable bonds is 5. The van der Waals surface area contributed by atoms with Crippen LogP contribution in [-0.2, 0) is 11.2 Å². The van der Waals surface area contributed by atoms with Gasteiger partial charge in [-0.15, -0.1) is 0 Å². The lowest BCUT2D eigenvalue weighted by Gasteiger charge is -2.01. The van der Waals surface area contributed by atoms with Gasteiger partial charge in [0.1, 0.15) is 5.75 Å². The number of phenolic OH excluding ortho intramolecular Hbond substituents is 1. The van der Waals surface area contributed by atoms with Crippen LogP contribution in [-0.4, -0.2) is 16.2 Å². The quantitative estimate of drug-likeness (QED) is 0.772. The lowest BCUT2D eigenvalue weighted by atomic mass is 10.1. The normalized spacial score (nSPS) is 17.2. The van der Waals surface area contributed by atoms with E-state index in [1.54, 1.807) is 30.3 Å². The van der Waals surface area contributed by atoms with Gasteiger partial charge < -0.3 is 10.4 Å². The number of unbranched alkanes of at least 4 members (excludes halogenated alkanes) is 1. The van der Waals surface area contributed by atoms with Gasteiger partial charge in [0.15, 0.2) is 5.17 Å². The Balaban J connectivity index is 1.71. The number of phenols is 1. The Hall–Kier alpha value is -2.53. The molecule has 0 unspecified atom stereocenters. The Bertz CT molecular complexity index is 809. The van der Waals surface area contributed by atoms with E-state index in [4.69, 9.17) is 0 Å². The first-order valence-electron chi connectivity index (χ1n) is 8.31. The summed E-state index contributed by atoms with van der Waals surface area (Å²) < 4.78 is 0. The zero-order valence-electron chi connectivity index (χ0n) is 14.0. The maximum Gasteiger partial charge on any atom is 0.264 e. The molecule has 0 spiro atoms. The highest BCUT2D eigenvalue weighted by Gasteiger charge is 2.23. The van der Waals surface area contributed by atoms with Crippen LogP contribution >= 0.6 is 11.8 Å². The molecule has 128 valence electrons. The van der Waals surface area contributed by atoms with Crippen molar-refractivity contribution in [3.05, 3.63) is 64.6 Å². The summed E-state index contributed by atoms with van der Waals surface area (Å²) >= 11 is 1.32. The predicted octanol–water partition coefficient (Wildman–Crippen LogP) is 4.63. The van der Waals surface area contributed by atoms with Crippen LogP contribution in [0.2, 0.25) is 0 Å². The summed E-state index contributed by atoms with van der Waals surface area (Å²) in [6.45, 7) is 2.18. The Morgan fingerprint density at radius 3 is 2.52 bits per heavy atom. The molecule has 0 bridgehead atoms. The molecule has 3 rings (SSSR count). The number of benzene rings is 2. The minimum absolute atomic E-state index is 0.156. The van der Waals surface area contributed by atoms with Gasteiger partial charge in [0.05, 0.1) is 10.6 Å². The second kappa shape index (κ2) is 8.03. The van der Waals surface area contributed by atoms with E-state index in [2.05, 4.69) is 29.4 Å². The van der Waals surface area contributed by atoms with E-state index in [1.807, 2.05) is 12.1 Å². The fourth-order valence-corrected chi connectivity index (χ4v) is 3.28. The van der Waals surface area contributed by atoms with Crippen LogP contribution in [0.1, 0.15) is 30.9 Å². The summed E-state index contributed by atoms with van der Waals surface area (Å²) in [6.07, 6.45) is 5.24. The van der Waals surface area contributed by atoms with E-state index in [9.17, 15) is 9.90 Å². The van der Waals surface area contributed by atoms with Crippen molar-refractivity contribution in [2.75, 3.05) is 0 Å². The fraction of sp³-hybridized carbons (Fsp3) is 0.200. The highest BCUT2D eigenvalue weighted by atomic mass is 32.2. The Kier molecular flexibility index (Phi) is 5.56. The number of aliphatic imine (C=N–C) groups is 1. The summed E-state index contributed by atoms with van der Waals surface area (Å²) in [6, 6.07) is 14.9. The van der Waals surface area contributed by atoms with Crippen LogP contribution in [0.3, 0.4) is 0 Å². The molecule has 2 N–H and O–H groups in total. The molecule has 1 fully saturated rings. The number of nitrogens with one attached hydrogen (secondary N) is 1. The van der Waals surface area contributed by atoms with Crippen LogP contribution in [0.25, 0.3) is 6.08 Å². The number of aryl methyl sites for hydroxylation is 1. The largest absolute Gasteiger partial charge is 0.508 e. The molecule has 1 aliphatic rings. The van der Waals surface area contributed by atoms with Gasteiger partial charge >= 0.3 is 0 Å². The first-order valence-corrected chi connectivity index (χ1v) is 9.13. The number of amidine groups is 1. The molecule has 0 aliphatic carbocycles. The molecule has 0 radical (unpaired) electrons. The van der Waals surface area contributed by atoms with Crippen LogP contribution in [0.4, 0.5) is 5.69 Å². The number of nitrogens with zero attached hydrogens (tertiary/aromatic N) is 1. The van der Waals surface area contributed by atoms with Crippen LogP contribution in [0.15, 0.2) is 58.4 Å². The molecule has 1 amide bonds. The summed E-state index contributed by atoms with van der Waals surface area (Å²) in [5.74, 6) is 0.0479. The maximum absolute atomic E-state index is 12.1. The summed E-state index contributed by atoms with van der Waals surface area (Å²) in [4.78, 5) is 17.2. The van der Waals surface area contributed by atoms with Gasteiger partial charge in [0.2, 0.25) is 0 Å². The van der Waals surface area contributed by atoms with Crippen LogP contribution in [0, 0.1) is 0 Å². The molecule has 5 heteroatoms. The van der Waals surface area contributed by atoms with Gasteiger partial charge in [-0.05, 0) is 66.1 Å². The van der Waals surface area contributed by atoms with E-state index in [1.165, 1.54) is 30.2 Å². The number of hydrogen-bond donors (Lipinski definition) is 2. The number of carbonyl (C=O) groups excluding carboxylic acids is 1. The van der Waals surface area contributed by atoms with Crippen molar-refractivity contribution in [3.63, 3.8) is 0 Å². The highest BCUT2D eigenvalue weighted by molar-refractivity contribution is 8.18. The minimum Gasteiger partial charge on any atom is -0.508 e. The Morgan fingerprint density at radius 2 is 1.84 bits per heavy atom. The van der Waals surface area contributed by atoms with Crippen molar-refractivity contribution in [2.45, 2.75) is 26.2 Å². The zero-order chi connectivity index (χ0) is 17.6. The van der Waals surface area contributed by atoms with E-state index in [-0.39, 0.29) is 11.7 Å². The molecule has 25 heavy (non-hydrogen) atoms. The predicted molar refractivity (Wildman–Crippen MR) is 104 cm³/mol. The summed E-state index contributed by atoms with van der Waals surface area (Å²) in [7, 11) is 0. The first-order chi connectivity index (χ1) is 12.1. The third-order valence-corrected chi connectivity index (χ3v) is 4.74. The molecule has 0 aromatic heterocycles. The molecular formula is C20H20N2O2S. The Morgan fingerprint density at radius 1 is 1.12 bits per heavy atom. The topological polar surface area (TPSA) is 61.7 Å². The standard InChI is InChI=1S/C20H20N2O2S/c1-2-3-4-14-5-9-16(10-6-14)21-20-22-19(24)18(25-20)13-15-7-11-17(23)12-8-15/h5-13,23H,2-4H2,1H3,(H,21,22,24)/b18-13-. The molecule has 2 aromatic rings. The number of amides is 1. The van der Waals surface area contributed by atoms with E-state index < -0.39 is 0 Å². The van der Waals surface area contributed by atoms with Crippen molar-refractivity contribution in [1.82, 2.24) is 5.32 Å². The number of thioether (sulfide) groups is 1. The van der Waals surface area contributed by atoms with Crippen molar-refractivity contribution in [1.29, 1.82) is 0 Å². The molecule has 1 aliphatic heterocycles. The summed E-state index contributed by atoms with van der Waals surface area (Å²) in [5.41, 5.74) is 2.99. The molecular weight excluding hydrogens is 332 g/mol. The van der Waals surface area contributed by atoms with Gasteiger partial charge in [-0.25, -0.2) is 4.99 Å². The number of carbonyl (C=O) groups is 1.